The Labute approximate surface area is 177 Å². The van der Waals surface area contributed by atoms with Crippen molar-refractivity contribution in [1.29, 1.82) is 0 Å². The molecule has 0 radical (unpaired) electrons. The molecule has 0 bridgehead atoms. The molecule has 0 N–H and O–H groups in total. The SMILES string of the molecule is Clc1ccc2c(c1)oc1cccc(-c3nc(-c4ccccc4)c4ccccc4n3)c12. The van der Waals surface area contributed by atoms with Crippen LogP contribution in [0, 0.1) is 0 Å². The Morgan fingerprint density at radius 3 is 2.40 bits per heavy atom. The van der Waals surface area contributed by atoms with Crippen molar-refractivity contribution in [3.8, 4) is 22.6 Å². The molecule has 0 unspecified atom stereocenters. The van der Waals surface area contributed by atoms with Gasteiger partial charge >= 0.3 is 0 Å². The fourth-order valence-electron chi connectivity index (χ4n) is 4.00. The second kappa shape index (κ2) is 6.68. The van der Waals surface area contributed by atoms with Gasteiger partial charge in [0.25, 0.3) is 0 Å². The summed E-state index contributed by atoms with van der Waals surface area (Å²) < 4.78 is 6.06. The molecule has 0 aliphatic heterocycles. The van der Waals surface area contributed by atoms with E-state index in [9.17, 15) is 0 Å². The zero-order valence-corrected chi connectivity index (χ0v) is 16.6. The van der Waals surface area contributed by atoms with Gasteiger partial charge in [-0.2, -0.15) is 0 Å². The number of nitrogens with zero attached hydrogens (tertiary/aromatic N) is 2. The van der Waals surface area contributed by atoms with E-state index in [-0.39, 0.29) is 0 Å². The first kappa shape index (κ1) is 17.2. The van der Waals surface area contributed by atoms with Gasteiger partial charge in [-0.25, -0.2) is 9.97 Å². The zero-order valence-electron chi connectivity index (χ0n) is 15.8. The van der Waals surface area contributed by atoms with E-state index in [0.29, 0.717) is 10.8 Å². The summed E-state index contributed by atoms with van der Waals surface area (Å²) in [5, 5.41) is 3.68. The molecule has 0 fully saturated rings. The molecule has 4 aromatic carbocycles. The van der Waals surface area contributed by atoms with E-state index < -0.39 is 0 Å². The number of halogens is 1. The number of benzene rings is 4. The Morgan fingerprint density at radius 1 is 0.667 bits per heavy atom. The molecule has 6 aromatic rings. The van der Waals surface area contributed by atoms with Crippen molar-refractivity contribution < 1.29 is 4.42 Å². The summed E-state index contributed by atoms with van der Waals surface area (Å²) in [5.74, 6) is 0.677. The Kier molecular flexibility index (Phi) is 3.83. The maximum absolute atomic E-state index is 6.17. The standard InChI is InChI=1S/C26H15ClN2O/c27-17-13-14-19-23(15-17)30-22-12-6-10-20(24(19)22)26-28-21-11-5-4-9-18(21)25(29-26)16-7-2-1-3-8-16/h1-15H. The van der Waals surface area contributed by atoms with Gasteiger partial charge in [0.15, 0.2) is 5.82 Å². The number of hydrogen-bond acceptors (Lipinski definition) is 3. The minimum atomic E-state index is 0.649. The maximum Gasteiger partial charge on any atom is 0.161 e. The molecule has 142 valence electrons. The van der Waals surface area contributed by atoms with Crippen LogP contribution in [-0.4, -0.2) is 9.97 Å². The topological polar surface area (TPSA) is 38.9 Å². The molecular formula is C26H15ClN2O. The summed E-state index contributed by atoms with van der Waals surface area (Å²) in [5.41, 5.74) is 5.39. The highest BCUT2D eigenvalue weighted by molar-refractivity contribution is 6.31. The number of furan rings is 1. The van der Waals surface area contributed by atoms with E-state index in [4.69, 9.17) is 26.0 Å². The van der Waals surface area contributed by atoms with Gasteiger partial charge in [-0.3, -0.25) is 0 Å². The first-order chi connectivity index (χ1) is 14.8. The van der Waals surface area contributed by atoms with Gasteiger partial charge < -0.3 is 4.42 Å². The van der Waals surface area contributed by atoms with Crippen LogP contribution in [0.4, 0.5) is 0 Å². The van der Waals surface area contributed by atoms with Crippen LogP contribution in [0.2, 0.25) is 5.02 Å². The number of para-hydroxylation sites is 1. The van der Waals surface area contributed by atoms with Crippen LogP contribution in [0.5, 0.6) is 0 Å². The predicted octanol–water partition coefficient (Wildman–Crippen LogP) is 7.52. The van der Waals surface area contributed by atoms with E-state index in [2.05, 4.69) is 18.2 Å². The van der Waals surface area contributed by atoms with Crippen molar-refractivity contribution in [3.63, 3.8) is 0 Å². The van der Waals surface area contributed by atoms with Crippen LogP contribution >= 0.6 is 11.6 Å². The minimum Gasteiger partial charge on any atom is -0.456 e. The predicted molar refractivity (Wildman–Crippen MR) is 123 cm³/mol. The van der Waals surface area contributed by atoms with Crippen molar-refractivity contribution in [2.45, 2.75) is 0 Å². The van der Waals surface area contributed by atoms with Crippen molar-refractivity contribution in [2.75, 3.05) is 0 Å². The van der Waals surface area contributed by atoms with Gasteiger partial charge in [0.05, 0.1) is 11.2 Å². The highest BCUT2D eigenvalue weighted by atomic mass is 35.5. The van der Waals surface area contributed by atoms with Crippen LogP contribution in [0.15, 0.2) is 95.4 Å². The normalized spacial score (nSPS) is 11.5. The molecular weight excluding hydrogens is 392 g/mol. The molecule has 0 aliphatic rings. The largest absolute Gasteiger partial charge is 0.456 e. The molecule has 6 rings (SSSR count). The first-order valence-corrected chi connectivity index (χ1v) is 10.1. The second-order valence-corrected chi connectivity index (χ2v) is 7.64. The lowest BCUT2D eigenvalue weighted by atomic mass is 10.0. The minimum absolute atomic E-state index is 0.649. The zero-order chi connectivity index (χ0) is 20.1. The third kappa shape index (κ3) is 2.67. The van der Waals surface area contributed by atoms with Crippen LogP contribution in [0.25, 0.3) is 55.5 Å². The molecule has 0 saturated heterocycles. The first-order valence-electron chi connectivity index (χ1n) is 9.71. The summed E-state index contributed by atoms with van der Waals surface area (Å²) in [6.45, 7) is 0. The van der Waals surface area contributed by atoms with Gasteiger partial charge in [-0.05, 0) is 24.3 Å². The van der Waals surface area contributed by atoms with Crippen LogP contribution in [-0.2, 0) is 0 Å². The molecule has 0 spiro atoms. The van der Waals surface area contributed by atoms with Gasteiger partial charge in [0.2, 0.25) is 0 Å². The Bertz CT molecular complexity index is 1550. The molecule has 2 heterocycles. The summed E-state index contributed by atoms with van der Waals surface area (Å²) in [6.07, 6.45) is 0. The average Bonchev–Trinajstić information content (AvgIpc) is 3.16. The number of hydrogen-bond donors (Lipinski definition) is 0. The van der Waals surface area contributed by atoms with Gasteiger partial charge in [-0.15, -0.1) is 0 Å². The maximum atomic E-state index is 6.17. The van der Waals surface area contributed by atoms with E-state index in [1.54, 1.807) is 0 Å². The van der Waals surface area contributed by atoms with Crippen molar-refractivity contribution in [2.24, 2.45) is 0 Å². The van der Waals surface area contributed by atoms with E-state index in [1.165, 1.54) is 0 Å². The molecule has 0 amide bonds. The fourth-order valence-corrected chi connectivity index (χ4v) is 4.16. The van der Waals surface area contributed by atoms with E-state index in [0.717, 1.165) is 49.7 Å². The smallest absolute Gasteiger partial charge is 0.161 e. The van der Waals surface area contributed by atoms with E-state index in [1.807, 2.05) is 72.8 Å². The van der Waals surface area contributed by atoms with Crippen molar-refractivity contribution in [1.82, 2.24) is 9.97 Å². The lowest BCUT2D eigenvalue weighted by molar-refractivity contribution is 0.669. The van der Waals surface area contributed by atoms with Crippen LogP contribution in [0.3, 0.4) is 0 Å². The van der Waals surface area contributed by atoms with Gasteiger partial charge in [0, 0.05) is 38.4 Å². The summed E-state index contributed by atoms with van der Waals surface area (Å²) >= 11 is 6.17. The monoisotopic (exact) mass is 406 g/mol. The Morgan fingerprint density at radius 2 is 1.50 bits per heavy atom. The fraction of sp³-hybridized carbons (Fsp3) is 0. The van der Waals surface area contributed by atoms with Crippen molar-refractivity contribution >= 4 is 44.4 Å². The molecule has 3 nitrogen and oxygen atoms in total. The third-order valence-electron chi connectivity index (χ3n) is 5.35. The number of aromatic nitrogens is 2. The average molecular weight is 407 g/mol. The summed E-state index contributed by atoms with van der Waals surface area (Å²) in [6, 6.07) is 30.0. The highest BCUT2D eigenvalue weighted by Gasteiger charge is 2.17. The summed E-state index contributed by atoms with van der Waals surface area (Å²) in [7, 11) is 0. The number of rotatable bonds is 2. The molecule has 0 aliphatic carbocycles. The second-order valence-electron chi connectivity index (χ2n) is 7.20. The molecule has 2 aromatic heterocycles. The molecule has 30 heavy (non-hydrogen) atoms. The van der Waals surface area contributed by atoms with Crippen LogP contribution < -0.4 is 0 Å². The lowest BCUT2D eigenvalue weighted by Gasteiger charge is -2.10. The highest BCUT2D eigenvalue weighted by Crippen LogP contribution is 2.37. The Hall–Kier alpha value is -3.69. The van der Waals surface area contributed by atoms with Crippen LogP contribution in [0.1, 0.15) is 0 Å². The summed E-state index contributed by atoms with van der Waals surface area (Å²) in [4.78, 5) is 9.92. The van der Waals surface area contributed by atoms with Gasteiger partial charge in [0.1, 0.15) is 11.2 Å². The van der Waals surface area contributed by atoms with E-state index >= 15 is 0 Å². The quantitative estimate of drug-likeness (QED) is 0.298. The van der Waals surface area contributed by atoms with Gasteiger partial charge in [-0.1, -0.05) is 72.3 Å². The molecule has 0 saturated carbocycles. The lowest BCUT2D eigenvalue weighted by Crippen LogP contribution is -1.95. The Balaban J connectivity index is 1.70. The molecule has 4 heteroatoms. The third-order valence-corrected chi connectivity index (χ3v) is 5.59. The number of fused-ring (bicyclic) bond motifs is 4. The molecule has 0 atom stereocenters. The van der Waals surface area contributed by atoms with Crippen molar-refractivity contribution in [3.05, 3.63) is 96.0 Å².